The van der Waals surface area contributed by atoms with E-state index in [0.717, 1.165) is 14.9 Å². The molecule has 10 heteroatoms. The molecule has 3 N–H and O–H groups in total. The van der Waals surface area contributed by atoms with Gasteiger partial charge >= 0.3 is 0 Å². The van der Waals surface area contributed by atoms with Gasteiger partial charge in [0.05, 0.1) is 25.2 Å². The lowest BCUT2D eigenvalue weighted by molar-refractivity contribution is -0.115. The zero-order valence-corrected chi connectivity index (χ0v) is 26.1. The van der Waals surface area contributed by atoms with Gasteiger partial charge in [0.2, 0.25) is 5.91 Å². The summed E-state index contributed by atoms with van der Waals surface area (Å²) in [5.41, 5.74) is 2.33. The molecule has 0 bridgehead atoms. The van der Waals surface area contributed by atoms with E-state index in [1.54, 1.807) is 74.7 Å². The first-order valence-corrected chi connectivity index (χ1v) is 14.9. The Morgan fingerprint density at radius 2 is 1.58 bits per heavy atom. The number of rotatable bonds is 11. The third kappa shape index (κ3) is 8.97. The van der Waals surface area contributed by atoms with E-state index in [1.165, 1.54) is 18.9 Å². The van der Waals surface area contributed by atoms with Crippen molar-refractivity contribution < 1.29 is 23.9 Å². The van der Waals surface area contributed by atoms with Crippen molar-refractivity contribution in [3.05, 3.63) is 118 Å². The van der Waals surface area contributed by atoms with Crippen molar-refractivity contribution in [3.8, 4) is 11.5 Å². The first-order chi connectivity index (χ1) is 20.7. The molecule has 0 spiro atoms. The van der Waals surface area contributed by atoms with Crippen molar-refractivity contribution >= 4 is 62.9 Å². The molecule has 8 nitrogen and oxygen atoms in total. The number of thioether (sulfide) groups is 1. The number of carbonyl (C=O) groups excluding carboxylic acids is 3. The molecule has 0 aliphatic heterocycles. The molecule has 1 unspecified atom stereocenters. The number of methoxy groups -OCH3 is 2. The summed E-state index contributed by atoms with van der Waals surface area (Å²) in [5, 5.41) is 8.06. The Morgan fingerprint density at radius 1 is 0.837 bits per heavy atom. The highest BCUT2D eigenvalue weighted by Crippen LogP contribution is 2.31. The third-order valence-electron chi connectivity index (χ3n) is 6.15. The van der Waals surface area contributed by atoms with Gasteiger partial charge in [-0.25, -0.2) is 0 Å². The summed E-state index contributed by atoms with van der Waals surface area (Å²) in [4.78, 5) is 39.9. The number of halogens is 1. The fraction of sp³-hybridized carbons (Fsp3) is 0.121. The molecule has 0 heterocycles. The highest BCUT2D eigenvalue weighted by molar-refractivity contribution is 9.10. The molecule has 0 aliphatic rings. The Bertz CT molecular complexity index is 1630. The molecule has 0 saturated carbocycles. The number of nitrogens with one attached hydrogen (secondary N) is 3. The van der Waals surface area contributed by atoms with Gasteiger partial charge in [0.15, 0.2) is 0 Å². The second-order valence-electron chi connectivity index (χ2n) is 9.23. The lowest BCUT2D eigenvalue weighted by Crippen LogP contribution is -2.30. The van der Waals surface area contributed by atoms with Crippen molar-refractivity contribution in [1.82, 2.24) is 5.32 Å². The molecular weight excluding hydrogens is 630 g/mol. The molecule has 4 rings (SSSR count). The van der Waals surface area contributed by atoms with Gasteiger partial charge in [0.1, 0.15) is 17.2 Å². The quantitative estimate of drug-likeness (QED) is 0.118. The second-order valence-corrected chi connectivity index (χ2v) is 11.6. The van der Waals surface area contributed by atoms with Gasteiger partial charge in [0, 0.05) is 26.7 Å². The van der Waals surface area contributed by atoms with Gasteiger partial charge in [-0.2, -0.15) is 0 Å². The maximum Gasteiger partial charge on any atom is 0.272 e. The van der Waals surface area contributed by atoms with E-state index in [9.17, 15) is 14.4 Å². The Morgan fingerprint density at radius 3 is 2.26 bits per heavy atom. The van der Waals surface area contributed by atoms with E-state index in [4.69, 9.17) is 9.47 Å². The largest absolute Gasteiger partial charge is 0.497 e. The highest BCUT2D eigenvalue weighted by Gasteiger charge is 2.18. The number of benzene rings is 4. The van der Waals surface area contributed by atoms with Crippen LogP contribution in [0.25, 0.3) is 6.08 Å². The summed E-state index contributed by atoms with van der Waals surface area (Å²) in [6.07, 6.45) is 1.61. The lowest BCUT2D eigenvalue weighted by Gasteiger charge is -2.15. The molecule has 43 heavy (non-hydrogen) atoms. The predicted octanol–water partition coefficient (Wildman–Crippen LogP) is 7.00. The molecule has 4 aromatic carbocycles. The summed E-state index contributed by atoms with van der Waals surface area (Å²) < 4.78 is 11.4. The summed E-state index contributed by atoms with van der Waals surface area (Å²) in [6, 6.07) is 28.4. The Hall–Kier alpha value is -4.54. The Balaban J connectivity index is 1.42. The van der Waals surface area contributed by atoms with Crippen LogP contribution in [0.5, 0.6) is 11.5 Å². The minimum absolute atomic E-state index is 0.0876. The van der Waals surface area contributed by atoms with Gasteiger partial charge in [0.25, 0.3) is 11.8 Å². The smallest absolute Gasteiger partial charge is 0.272 e. The molecule has 4 aromatic rings. The van der Waals surface area contributed by atoms with Crippen LogP contribution in [0.1, 0.15) is 22.8 Å². The maximum absolute atomic E-state index is 13.3. The van der Waals surface area contributed by atoms with Crippen LogP contribution in [0.15, 0.2) is 112 Å². The number of anilines is 2. The second kappa shape index (κ2) is 15.1. The van der Waals surface area contributed by atoms with E-state index in [0.29, 0.717) is 28.4 Å². The zero-order valence-electron chi connectivity index (χ0n) is 23.7. The van der Waals surface area contributed by atoms with Crippen LogP contribution in [0.2, 0.25) is 0 Å². The van der Waals surface area contributed by atoms with Crippen LogP contribution in [0, 0.1) is 0 Å². The van der Waals surface area contributed by atoms with Crippen molar-refractivity contribution in [3.63, 3.8) is 0 Å². The molecule has 0 radical (unpaired) electrons. The minimum atomic E-state index is -0.481. The standard InChI is InChI=1S/C33H30BrN3O5S/c1-21(31(38)36-28-17-14-26(41-2)20-30(28)42-3)43-27-15-12-25(13-16-27)35-33(40)29(19-22-8-7-11-24(34)18-22)37-32(39)23-9-5-4-6-10-23/h4-21H,1-3H3,(H,35,40)(H,36,38)(H,37,39)/b29-19-. The number of carbonyl (C=O) groups is 3. The van der Waals surface area contributed by atoms with E-state index >= 15 is 0 Å². The van der Waals surface area contributed by atoms with E-state index < -0.39 is 17.1 Å². The summed E-state index contributed by atoms with van der Waals surface area (Å²) in [6.45, 7) is 1.81. The predicted molar refractivity (Wildman–Crippen MR) is 175 cm³/mol. The average molecular weight is 661 g/mol. The Kier molecular flexibility index (Phi) is 11.0. The Labute approximate surface area is 263 Å². The van der Waals surface area contributed by atoms with Gasteiger partial charge in [-0.1, -0.05) is 46.3 Å². The molecular formula is C33H30BrN3O5S. The van der Waals surface area contributed by atoms with Crippen LogP contribution in [0.3, 0.4) is 0 Å². The fourth-order valence-corrected chi connectivity index (χ4v) is 5.20. The minimum Gasteiger partial charge on any atom is -0.497 e. The third-order valence-corrected chi connectivity index (χ3v) is 7.75. The average Bonchev–Trinajstić information content (AvgIpc) is 3.02. The number of amides is 3. The molecule has 0 aromatic heterocycles. The van der Waals surface area contributed by atoms with Gasteiger partial charge in [-0.15, -0.1) is 11.8 Å². The SMILES string of the molecule is COc1ccc(NC(=O)C(C)Sc2ccc(NC(=O)/C(=C/c3cccc(Br)c3)NC(=O)c3ccccc3)cc2)c(OC)c1. The lowest BCUT2D eigenvalue weighted by atomic mass is 10.1. The summed E-state index contributed by atoms with van der Waals surface area (Å²) >= 11 is 4.81. The van der Waals surface area contributed by atoms with Crippen molar-refractivity contribution in [1.29, 1.82) is 0 Å². The van der Waals surface area contributed by atoms with Crippen LogP contribution < -0.4 is 25.4 Å². The topological polar surface area (TPSA) is 106 Å². The summed E-state index contributed by atoms with van der Waals surface area (Å²) in [5.74, 6) is 0.0495. The molecule has 1 atom stereocenters. The van der Waals surface area contributed by atoms with Gasteiger partial charge in [-0.05, 0) is 79.2 Å². The molecule has 3 amide bonds. The fourth-order valence-electron chi connectivity index (χ4n) is 3.91. The van der Waals surface area contributed by atoms with Gasteiger partial charge in [-0.3, -0.25) is 14.4 Å². The molecule has 0 saturated heterocycles. The first kappa shape index (κ1) is 31.4. The van der Waals surface area contributed by atoms with Crippen LogP contribution in [0.4, 0.5) is 11.4 Å². The van der Waals surface area contributed by atoms with Crippen LogP contribution >= 0.6 is 27.7 Å². The monoisotopic (exact) mass is 659 g/mol. The van der Waals surface area contributed by atoms with Gasteiger partial charge < -0.3 is 25.4 Å². The first-order valence-electron chi connectivity index (χ1n) is 13.2. The van der Waals surface area contributed by atoms with Crippen LogP contribution in [-0.2, 0) is 9.59 Å². The van der Waals surface area contributed by atoms with Crippen molar-refractivity contribution in [2.24, 2.45) is 0 Å². The van der Waals surface area contributed by atoms with E-state index in [2.05, 4.69) is 31.9 Å². The number of ether oxygens (including phenoxy) is 2. The molecule has 0 fully saturated rings. The van der Waals surface area contributed by atoms with Crippen LogP contribution in [-0.4, -0.2) is 37.2 Å². The van der Waals surface area contributed by atoms with Crippen molar-refractivity contribution in [2.45, 2.75) is 17.1 Å². The van der Waals surface area contributed by atoms with E-state index in [-0.39, 0.29) is 11.6 Å². The maximum atomic E-state index is 13.3. The van der Waals surface area contributed by atoms with E-state index in [1.807, 2.05) is 42.5 Å². The zero-order chi connectivity index (χ0) is 30.8. The molecule has 220 valence electrons. The molecule has 0 aliphatic carbocycles. The van der Waals surface area contributed by atoms with Crippen molar-refractivity contribution in [2.75, 3.05) is 24.9 Å². The highest BCUT2D eigenvalue weighted by atomic mass is 79.9. The normalized spacial score (nSPS) is 11.7. The summed E-state index contributed by atoms with van der Waals surface area (Å²) in [7, 11) is 3.09. The number of hydrogen-bond acceptors (Lipinski definition) is 6. The number of hydrogen-bond donors (Lipinski definition) is 3.